The highest BCUT2D eigenvalue weighted by Gasteiger charge is 2.31. The van der Waals surface area contributed by atoms with E-state index in [1.807, 2.05) is 10.9 Å². The Kier molecular flexibility index (Phi) is 5.22. The van der Waals surface area contributed by atoms with Gasteiger partial charge in [0.15, 0.2) is 0 Å². The Balaban J connectivity index is 2.06. The fourth-order valence-electron chi connectivity index (χ4n) is 3.03. The fourth-order valence-corrected chi connectivity index (χ4v) is 3.03. The molecule has 0 amide bonds. The fraction of sp³-hybridized carbons (Fsp3) is 0.812. The molecule has 0 bridgehead atoms. The molecule has 2 rings (SSSR count). The van der Waals surface area contributed by atoms with E-state index in [1.54, 1.807) is 0 Å². The number of rotatable bonds is 5. The van der Waals surface area contributed by atoms with Gasteiger partial charge in [0.05, 0.1) is 6.20 Å². The van der Waals surface area contributed by atoms with Gasteiger partial charge in [-0.1, -0.05) is 27.7 Å². The van der Waals surface area contributed by atoms with Gasteiger partial charge in [-0.2, -0.15) is 5.10 Å². The molecule has 0 spiro atoms. The SMILES string of the molecule is CCn1cc(CN2CC(C(C)C)NCC2C(C)C)cn1. The van der Waals surface area contributed by atoms with Gasteiger partial charge in [0.25, 0.3) is 0 Å². The van der Waals surface area contributed by atoms with Crippen molar-refractivity contribution in [2.75, 3.05) is 13.1 Å². The molecule has 1 saturated heterocycles. The van der Waals surface area contributed by atoms with E-state index in [0.717, 1.165) is 26.2 Å². The largest absolute Gasteiger partial charge is 0.311 e. The maximum absolute atomic E-state index is 4.40. The number of piperazine rings is 1. The second-order valence-electron chi connectivity index (χ2n) is 6.70. The summed E-state index contributed by atoms with van der Waals surface area (Å²) in [5.41, 5.74) is 1.34. The number of aromatic nitrogens is 2. The highest BCUT2D eigenvalue weighted by molar-refractivity contribution is 5.05. The monoisotopic (exact) mass is 278 g/mol. The number of hydrogen-bond donors (Lipinski definition) is 1. The molecule has 0 aliphatic carbocycles. The molecule has 2 atom stereocenters. The predicted octanol–water partition coefficient (Wildman–Crippen LogP) is 2.36. The maximum atomic E-state index is 4.40. The van der Waals surface area contributed by atoms with Crippen molar-refractivity contribution in [2.45, 2.75) is 59.8 Å². The van der Waals surface area contributed by atoms with Gasteiger partial charge in [0.1, 0.15) is 0 Å². The van der Waals surface area contributed by atoms with Crippen LogP contribution in [-0.4, -0.2) is 39.9 Å². The van der Waals surface area contributed by atoms with Crippen LogP contribution < -0.4 is 5.32 Å². The molecule has 0 aromatic carbocycles. The molecule has 2 unspecified atom stereocenters. The number of nitrogens with one attached hydrogen (secondary N) is 1. The summed E-state index contributed by atoms with van der Waals surface area (Å²) in [5, 5.41) is 8.12. The minimum atomic E-state index is 0.603. The summed E-state index contributed by atoms with van der Waals surface area (Å²) in [6.07, 6.45) is 4.21. The zero-order valence-electron chi connectivity index (χ0n) is 13.6. The summed E-state index contributed by atoms with van der Waals surface area (Å²) in [4.78, 5) is 2.64. The average Bonchev–Trinajstić information content (AvgIpc) is 2.86. The molecule has 20 heavy (non-hydrogen) atoms. The molecule has 1 aromatic heterocycles. The summed E-state index contributed by atoms with van der Waals surface area (Å²) in [6.45, 7) is 15.6. The Labute approximate surface area is 123 Å². The molecular weight excluding hydrogens is 248 g/mol. The first-order valence-corrected chi connectivity index (χ1v) is 8.00. The quantitative estimate of drug-likeness (QED) is 0.897. The summed E-state index contributed by atoms with van der Waals surface area (Å²) < 4.78 is 2.02. The summed E-state index contributed by atoms with van der Waals surface area (Å²) in [5.74, 6) is 1.36. The first kappa shape index (κ1) is 15.5. The third-order valence-electron chi connectivity index (χ3n) is 4.46. The lowest BCUT2D eigenvalue weighted by Crippen LogP contribution is -2.59. The minimum Gasteiger partial charge on any atom is -0.311 e. The van der Waals surface area contributed by atoms with Crippen molar-refractivity contribution >= 4 is 0 Å². The van der Waals surface area contributed by atoms with Crippen molar-refractivity contribution in [3.63, 3.8) is 0 Å². The smallest absolute Gasteiger partial charge is 0.0534 e. The molecule has 4 nitrogen and oxygen atoms in total. The highest BCUT2D eigenvalue weighted by atomic mass is 15.3. The van der Waals surface area contributed by atoms with E-state index in [0.29, 0.717) is 23.9 Å². The molecule has 0 saturated carbocycles. The first-order chi connectivity index (χ1) is 9.51. The van der Waals surface area contributed by atoms with Crippen LogP contribution in [0.2, 0.25) is 0 Å². The van der Waals surface area contributed by atoms with Gasteiger partial charge < -0.3 is 5.32 Å². The Hall–Kier alpha value is -0.870. The molecule has 114 valence electrons. The van der Waals surface area contributed by atoms with Gasteiger partial charge >= 0.3 is 0 Å². The average molecular weight is 278 g/mol. The predicted molar refractivity (Wildman–Crippen MR) is 83.6 cm³/mol. The van der Waals surface area contributed by atoms with Crippen molar-refractivity contribution < 1.29 is 0 Å². The Bertz CT molecular complexity index is 410. The van der Waals surface area contributed by atoms with Crippen molar-refractivity contribution in [3.8, 4) is 0 Å². The standard InChI is InChI=1S/C16H30N4/c1-6-20-10-14(7-18-20)9-19-11-15(12(2)3)17-8-16(19)13(4)5/h7,10,12-13,15-17H,6,8-9,11H2,1-5H3. The van der Waals surface area contributed by atoms with Crippen LogP contribution in [0.1, 0.15) is 40.2 Å². The molecular formula is C16H30N4. The van der Waals surface area contributed by atoms with Crippen LogP contribution in [-0.2, 0) is 13.1 Å². The minimum absolute atomic E-state index is 0.603. The van der Waals surface area contributed by atoms with Gasteiger partial charge in [-0.25, -0.2) is 0 Å². The van der Waals surface area contributed by atoms with Crippen molar-refractivity contribution in [1.82, 2.24) is 20.0 Å². The normalized spacial score (nSPS) is 24.8. The number of hydrogen-bond acceptors (Lipinski definition) is 3. The van der Waals surface area contributed by atoms with Gasteiger partial charge in [0.2, 0.25) is 0 Å². The van der Waals surface area contributed by atoms with E-state index in [-0.39, 0.29) is 0 Å². The topological polar surface area (TPSA) is 33.1 Å². The summed E-state index contributed by atoms with van der Waals surface area (Å²) >= 11 is 0. The van der Waals surface area contributed by atoms with Crippen LogP contribution in [0.4, 0.5) is 0 Å². The third kappa shape index (κ3) is 3.61. The zero-order chi connectivity index (χ0) is 14.7. The van der Waals surface area contributed by atoms with Crippen LogP contribution in [0.3, 0.4) is 0 Å². The lowest BCUT2D eigenvalue weighted by molar-refractivity contribution is 0.0783. The number of aryl methyl sites for hydroxylation is 1. The van der Waals surface area contributed by atoms with Gasteiger partial charge in [-0.05, 0) is 18.8 Å². The van der Waals surface area contributed by atoms with Gasteiger partial charge in [-0.3, -0.25) is 9.58 Å². The molecule has 0 radical (unpaired) electrons. The van der Waals surface area contributed by atoms with E-state index in [2.05, 4.69) is 56.1 Å². The molecule has 2 heterocycles. The molecule has 1 aliphatic rings. The van der Waals surface area contributed by atoms with E-state index in [1.165, 1.54) is 5.56 Å². The lowest BCUT2D eigenvalue weighted by Gasteiger charge is -2.43. The molecule has 1 aromatic rings. The molecule has 1 fully saturated rings. The Morgan fingerprint density at radius 3 is 2.60 bits per heavy atom. The zero-order valence-corrected chi connectivity index (χ0v) is 13.6. The molecule has 4 heteroatoms. The molecule has 1 N–H and O–H groups in total. The van der Waals surface area contributed by atoms with Crippen molar-refractivity contribution in [2.24, 2.45) is 11.8 Å². The van der Waals surface area contributed by atoms with E-state index >= 15 is 0 Å². The van der Waals surface area contributed by atoms with Gasteiger partial charge in [-0.15, -0.1) is 0 Å². The Morgan fingerprint density at radius 2 is 2.05 bits per heavy atom. The van der Waals surface area contributed by atoms with Crippen LogP contribution in [0.5, 0.6) is 0 Å². The highest BCUT2D eigenvalue weighted by Crippen LogP contribution is 2.20. The maximum Gasteiger partial charge on any atom is 0.0534 e. The number of nitrogens with zero attached hydrogens (tertiary/aromatic N) is 3. The third-order valence-corrected chi connectivity index (χ3v) is 4.46. The van der Waals surface area contributed by atoms with Crippen LogP contribution in [0, 0.1) is 11.8 Å². The summed E-state index contributed by atoms with van der Waals surface area (Å²) in [6, 6.07) is 1.22. The first-order valence-electron chi connectivity index (χ1n) is 8.00. The second kappa shape index (κ2) is 6.72. The second-order valence-corrected chi connectivity index (χ2v) is 6.70. The molecule has 1 aliphatic heterocycles. The van der Waals surface area contributed by atoms with E-state index in [4.69, 9.17) is 0 Å². The van der Waals surface area contributed by atoms with E-state index in [9.17, 15) is 0 Å². The van der Waals surface area contributed by atoms with Crippen molar-refractivity contribution in [1.29, 1.82) is 0 Å². The lowest BCUT2D eigenvalue weighted by atomic mass is 9.94. The Morgan fingerprint density at radius 1 is 1.30 bits per heavy atom. The van der Waals surface area contributed by atoms with Gasteiger partial charge in [0, 0.05) is 50.0 Å². The van der Waals surface area contributed by atoms with Crippen LogP contribution in [0.25, 0.3) is 0 Å². The van der Waals surface area contributed by atoms with Crippen LogP contribution in [0.15, 0.2) is 12.4 Å². The van der Waals surface area contributed by atoms with E-state index < -0.39 is 0 Å². The van der Waals surface area contributed by atoms with Crippen molar-refractivity contribution in [3.05, 3.63) is 18.0 Å². The summed E-state index contributed by atoms with van der Waals surface area (Å²) in [7, 11) is 0. The van der Waals surface area contributed by atoms with Crippen LogP contribution >= 0.6 is 0 Å².